The lowest BCUT2D eigenvalue weighted by atomic mass is 10.2. The summed E-state index contributed by atoms with van der Waals surface area (Å²) in [6.07, 6.45) is 0.507. The van der Waals surface area contributed by atoms with Gasteiger partial charge in [0.15, 0.2) is 9.84 Å². The second-order valence-electron chi connectivity index (χ2n) is 6.87. The molecular weight excluding hydrogens is 393 g/mol. The summed E-state index contributed by atoms with van der Waals surface area (Å²) in [5.74, 6) is -0.307. The zero-order chi connectivity index (χ0) is 20.0. The number of aromatic nitrogens is 2. The van der Waals surface area contributed by atoms with Crippen molar-refractivity contribution in [2.45, 2.75) is 37.8 Å². The Kier molecular flexibility index (Phi) is 5.17. The van der Waals surface area contributed by atoms with Crippen molar-refractivity contribution in [2.24, 2.45) is 0 Å². The molecule has 0 unspecified atom stereocenters. The number of sulfonamides is 1. The summed E-state index contributed by atoms with van der Waals surface area (Å²) in [6.45, 7) is 3.69. The zero-order valence-corrected chi connectivity index (χ0v) is 17.0. The summed E-state index contributed by atoms with van der Waals surface area (Å²) in [6, 6.07) is 4.45. The van der Waals surface area contributed by atoms with Crippen LogP contribution in [0.15, 0.2) is 29.2 Å². The fourth-order valence-corrected chi connectivity index (χ4v) is 6.17. The lowest BCUT2D eigenvalue weighted by molar-refractivity contribution is 0.461. The molecule has 2 heterocycles. The second kappa shape index (κ2) is 6.99. The Morgan fingerprint density at radius 1 is 1.26 bits per heavy atom. The van der Waals surface area contributed by atoms with Crippen LogP contribution in [-0.2, 0) is 26.4 Å². The first-order chi connectivity index (χ1) is 12.5. The van der Waals surface area contributed by atoms with Crippen LogP contribution in [0, 0.1) is 19.7 Å². The molecule has 148 valence electrons. The van der Waals surface area contributed by atoms with Crippen LogP contribution in [0.5, 0.6) is 0 Å². The van der Waals surface area contributed by atoms with E-state index in [-0.39, 0.29) is 29.0 Å². The van der Waals surface area contributed by atoms with Crippen molar-refractivity contribution < 1.29 is 21.2 Å². The molecule has 10 heteroatoms. The first-order valence-corrected chi connectivity index (χ1v) is 11.7. The van der Waals surface area contributed by atoms with Crippen molar-refractivity contribution in [3.8, 4) is 0 Å². The topological polar surface area (TPSA) is 89.3 Å². The van der Waals surface area contributed by atoms with Crippen molar-refractivity contribution in [1.29, 1.82) is 0 Å². The van der Waals surface area contributed by atoms with Crippen molar-refractivity contribution in [3.63, 3.8) is 0 Å². The van der Waals surface area contributed by atoms with E-state index in [1.807, 2.05) is 6.92 Å². The predicted molar refractivity (Wildman–Crippen MR) is 99.1 cm³/mol. The zero-order valence-electron chi connectivity index (χ0n) is 15.4. The van der Waals surface area contributed by atoms with Crippen LogP contribution in [0.4, 0.5) is 4.39 Å². The standard InChI is InChI=1S/C17H22FN3O4S2/c1-12-17(13(2)21(19-12)15-8-9-26(22,23)11-15)10-20(3)27(24,25)16-6-4-14(18)5-7-16/h4-7,15H,8-11H2,1-3H3/t15-/m0/s1. The lowest BCUT2D eigenvalue weighted by Gasteiger charge is -2.18. The van der Waals surface area contributed by atoms with Gasteiger partial charge in [-0.1, -0.05) is 0 Å². The number of aryl methyl sites for hydroxylation is 1. The highest BCUT2D eigenvalue weighted by Crippen LogP contribution is 2.28. The molecule has 0 amide bonds. The summed E-state index contributed by atoms with van der Waals surface area (Å²) >= 11 is 0. The van der Waals surface area contributed by atoms with Crippen LogP contribution in [0.3, 0.4) is 0 Å². The van der Waals surface area contributed by atoms with E-state index in [2.05, 4.69) is 5.10 Å². The Hall–Kier alpha value is -1.78. The van der Waals surface area contributed by atoms with Crippen molar-refractivity contribution >= 4 is 19.9 Å². The van der Waals surface area contributed by atoms with E-state index >= 15 is 0 Å². The Bertz CT molecular complexity index is 1060. The minimum Gasteiger partial charge on any atom is -0.265 e. The molecule has 1 saturated heterocycles. The predicted octanol–water partition coefficient (Wildman–Crippen LogP) is 1.82. The summed E-state index contributed by atoms with van der Waals surface area (Å²) < 4.78 is 64.9. The molecule has 7 nitrogen and oxygen atoms in total. The third kappa shape index (κ3) is 3.92. The van der Waals surface area contributed by atoms with Gasteiger partial charge < -0.3 is 0 Å². The van der Waals surface area contributed by atoms with Gasteiger partial charge in [0, 0.05) is 24.8 Å². The van der Waals surface area contributed by atoms with E-state index in [4.69, 9.17) is 0 Å². The quantitative estimate of drug-likeness (QED) is 0.743. The number of halogens is 1. The van der Waals surface area contributed by atoms with Gasteiger partial charge in [-0.25, -0.2) is 21.2 Å². The van der Waals surface area contributed by atoms with Gasteiger partial charge in [0.05, 0.1) is 28.1 Å². The van der Waals surface area contributed by atoms with E-state index < -0.39 is 25.7 Å². The second-order valence-corrected chi connectivity index (χ2v) is 11.1. The molecule has 1 aromatic carbocycles. The van der Waals surface area contributed by atoms with Crippen LogP contribution >= 0.6 is 0 Å². The Morgan fingerprint density at radius 2 is 1.89 bits per heavy atom. The minimum absolute atomic E-state index is 0.0102. The summed E-state index contributed by atoms with van der Waals surface area (Å²) in [5, 5.41) is 4.46. The smallest absolute Gasteiger partial charge is 0.243 e. The molecule has 0 spiro atoms. The third-order valence-electron chi connectivity index (χ3n) is 4.93. The molecule has 0 radical (unpaired) electrons. The molecule has 2 aromatic rings. The first-order valence-electron chi connectivity index (χ1n) is 8.48. The maximum atomic E-state index is 13.1. The van der Waals surface area contributed by atoms with Gasteiger partial charge in [-0.2, -0.15) is 9.40 Å². The fourth-order valence-electron chi connectivity index (χ4n) is 3.34. The summed E-state index contributed by atoms with van der Waals surface area (Å²) in [5.41, 5.74) is 2.17. The van der Waals surface area contributed by atoms with Gasteiger partial charge in [0.1, 0.15) is 5.82 Å². The highest BCUT2D eigenvalue weighted by molar-refractivity contribution is 7.91. The fraction of sp³-hybridized carbons (Fsp3) is 0.471. The van der Waals surface area contributed by atoms with Gasteiger partial charge in [-0.3, -0.25) is 4.68 Å². The van der Waals surface area contributed by atoms with Crippen molar-refractivity contribution in [3.05, 3.63) is 47.0 Å². The maximum Gasteiger partial charge on any atom is 0.243 e. The molecule has 3 rings (SSSR count). The number of nitrogens with zero attached hydrogens (tertiary/aromatic N) is 3. The Labute approximate surface area is 158 Å². The molecule has 1 aromatic heterocycles. The van der Waals surface area contributed by atoms with E-state index in [1.165, 1.54) is 23.5 Å². The molecule has 1 aliphatic rings. The summed E-state index contributed by atoms with van der Waals surface area (Å²) in [4.78, 5) is 0.0102. The maximum absolute atomic E-state index is 13.1. The monoisotopic (exact) mass is 415 g/mol. The largest absolute Gasteiger partial charge is 0.265 e. The normalized spacial score (nSPS) is 19.7. The number of hydrogen-bond donors (Lipinski definition) is 0. The van der Waals surface area contributed by atoms with Gasteiger partial charge >= 0.3 is 0 Å². The van der Waals surface area contributed by atoms with Crippen molar-refractivity contribution in [1.82, 2.24) is 14.1 Å². The molecule has 27 heavy (non-hydrogen) atoms. The van der Waals surface area contributed by atoms with Gasteiger partial charge in [-0.05, 0) is 44.5 Å². The lowest BCUT2D eigenvalue weighted by Crippen LogP contribution is -2.27. The summed E-state index contributed by atoms with van der Waals surface area (Å²) in [7, 11) is -5.38. The van der Waals surface area contributed by atoms with Crippen LogP contribution in [0.2, 0.25) is 0 Å². The van der Waals surface area contributed by atoms with Crippen LogP contribution in [0.1, 0.15) is 29.4 Å². The number of benzene rings is 1. The van der Waals surface area contributed by atoms with Crippen molar-refractivity contribution in [2.75, 3.05) is 18.6 Å². The average Bonchev–Trinajstić information content (AvgIpc) is 3.08. The molecular formula is C17H22FN3O4S2. The van der Waals surface area contributed by atoms with E-state index in [0.29, 0.717) is 12.1 Å². The molecule has 0 aliphatic carbocycles. The Balaban J connectivity index is 1.86. The van der Waals surface area contributed by atoms with E-state index in [0.717, 1.165) is 23.4 Å². The number of hydrogen-bond acceptors (Lipinski definition) is 5. The van der Waals surface area contributed by atoms with Crippen LogP contribution < -0.4 is 0 Å². The van der Waals surface area contributed by atoms with Gasteiger partial charge in [0.2, 0.25) is 10.0 Å². The van der Waals surface area contributed by atoms with Gasteiger partial charge in [0.25, 0.3) is 0 Å². The van der Waals surface area contributed by atoms with E-state index in [9.17, 15) is 21.2 Å². The minimum atomic E-state index is -3.78. The van der Waals surface area contributed by atoms with E-state index in [1.54, 1.807) is 11.6 Å². The van der Waals surface area contributed by atoms with Gasteiger partial charge in [-0.15, -0.1) is 0 Å². The first kappa shape index (κ1) is 20.0. The molecule has 1 atom stereocenters. The molecule has 1 aliphatic heterocycles. The third-order valence-corrected chi connectivity index (χ3v) is 8.50. The number of sulfone groups is 1. The molecule has 0 N–H and O–H groups in total. The molecule has 0 saturated carbocycles. The van der Waals surface area contributed by atoms with Crippen LogP contribution in [-0.4, -0.2) is 49.5 Å². The molecule has 0 bridgehead atoms. The highest BCUT2D eigenvalue weighted by atomic mass is 32.2. The molecule has 1 fully saturated rings. The Morgan fingerprint density at radius 3 is 2.44 bits per heavy atom. The van der Waals surface area contributed by atoms with Crippen LogP contribution in [0.25, 0.3) is 0 Å². The number of rotatable bonds is 5. The SMILES string of the molecule is Cc1nn([C@H]2CCS(=O)(=O)C2)c(C)c1CN(C)S(=O)(=O)c1ccc(F)cc1. The average molecular weight is 416 g/mol. The highest BCUT2D eigenvalue weighted by Gasteiger charge is 2.32.